The maximum absolute atomic E-state index is 12.2. The molecule has 126 valence electrons. The molecule has 0 N–H and O–H groups in total. The van der Waals surface area contributed by atoms with Gasteiger partial charge in [0.2, 0.25) is 6.10 Å². The van der Waals surface area contributed by atoms with Gasteiger partial charge in [0, 0.05) is 5.41 Å². The summed E-state index contributed by atoms with van der Waals surface area (Å²) in [5.74, 6) is -2.98. The van der Waals surface area contributed by atoms with Gasteiger partial charge in [-0.15, -0.1) is 0 Å². The quantitative estimate of drug-likeness (QED) is 0.584. The fourth-order valence-electron chi connectivity index (χ4n) is 1.96. The number of hydrogen-bond donors (Lipinski definition) is 0. The van der Waals surface area contributed by atoms with Crippen molar-refractivity contribution in [2.75, 3.05) is 6.61 Å². The molecular formula is C16H26O6. The van der Waals surface area contributed by atoms with E-state index in [-0.39, 0.29) is 6.61 Å². The van der Waals surface area contributed by atoms with Crippen LogP contribution in [0, 0.1) is 17.3 Å². The smallest absolute Gasteiger partial charge is 0.348 e. The largest absolute Gasteiger partial charge is 0.462 e. The predicted octanol–water partition coefficient (Wildman–Crippen LogP) is 2.10. The number of hydrogen-bond acceptors (Lipinski definition) is 6. The van der Waals surface area contributed by atoms with Gasteiger partial charge in [-0.05, 0) is 20.8 Å². The van der Waals surface area contributed by atoms with Crippen molar-refractivity contribution in [3.05, 3.63) is 0 Å². The summed E-state index contributed by atoms with van der Waals surface area (Å²) in [5, 5.41) is 0. The Balaban J connectivity index is 2.69. The highest BCUT2D eigenvalue weighted by molar-refractivity contribution is 5.85. The first-order valence-corrected chi connectivity index (χ1v) is 7.45. The van der Waals surface area contributed by atoms with Crippen LogP contribution in [0.5, 0.6) is 0 Å². The van der Waals surface area contributed by atoms with E-state index in [9.17, 15) is 14.4 Å². The predicted molar refractivity (Wildman–Crippen MR) is 78.8 cm³/mol. The van der Waals surface area contributed by atoms with Crippen LogP contribution in [-0.2, 0) is 28.6 Å². The van der Waals surface area contributed by atoms with E-state index in [1.165, 1.54) is 0 Å². The third-order valence-electron chi connectivity index (χ3n) is 3.64. The Morgan fingerprint density at radius 3 is 2.09 bits per heavy atom. The molecule has 3 atom stereocenters. The fourth-order valence-corrected chi connectivity index (χ4v) is 1.96. The van der Waals surface area contributed by atoms with Crippen LogP contribution < -0.4 is 0 Å². The maximum Gasteiger partial charge on any atom is 0.348 e. The Hall–Kier alpha value is -1.59. The van der Waals surface area contributed by atoms with Gasteiger partial charge in [-0.2, -0.15) is 0 Å². The Morgan fingerprint density at radius 2 is 1.68 bits per heavy atom. The number of carbonyl (C=O) groups is 3. The topological polar surface area (TPSA) is 78.9 Å². The number of rotatable bonds is 4. The molecule has 1 rings (SSSR count). The lowest BCUT2D eigenvalue weighted by molar-refractivity contribution is -0.173. The van der Waals surface area contributed by atoms with Crippen molar-refractivity contribution in [2.45, 2.75) is 60.2 Å². The molecule has 1 fully saturated rings. The van der Waals surface area contributed by atoms with Gasteiger partial charge in [0.25, 0.3) is 0 Å². The van der Waals surface area contributed by atoms with E-state index in [0.29, 0.717) is 0 Å². The molecule has 0 spiro atoms. The second-order valence-corrected chi connectivity index (χ2v) is 7.52. The summed E-state index contributed by atoms with van der Waals surface area (Å²) in [6.07, 6.45) is -0.937. The standard InChI is InChI=1S/C16H26O6/c1-9(10(2)13(18)22-15(3,4)5)12(17)21-11-14(19)20-8-16(11,6)7/h9-11H,8H2,1-7H3. The van der Waals surface area contributed by atoms with Crippen LogP contribution in [0.3, 0.4) is 0 Å². The Morgan fingerprint density at radius 1 is 1.18 bits per heavy atom. The normalized spacial score (nSPS) is 23.4. The van der Waals surface area contributed by atoms with E-state index >= 15 is 0 Å². The molecule has 0 bridgehead atoms. The van der Waals surface area contributed by atoms with Crippen molar-refractivity contribution >= 4 is 17.9 Å². The lowest BCUT2D eigenvalue weighted by Gasteiger charge is -2.26. The lowest BCUT2D eigenvalue weighted by atomic mass is 9.89. The minimum atomic E-state index is -0.937. The summed E-state index contributed by atoms with van der Waals surface area (Å²) in [4.78, 5) is 35.9. The highest BCUT2D eigenvalue weighted by Gasteiger charge is 2.47. The zero-order valence-corrected chi connectivity index (χ0v) is 14.4. The summed E-state index contributed by atoms with van der Waals surface area (Å²) >= 11 is 0. The zero-order valence-electron chi connectivity index (χ0n) is 14.4. The first-order chi connectivity index (χ1) is 9.85. The summed E-state index contributed by atoms with van der Waals surface area (Å²) in [5.41, 5.74) is -1.19. The van der Waals surface area contributed by atoms with E-state index in [1.807, 2.05) is 0 Å². The molecular weight excluding hydrogens is 288 g/mol. The second-order valence-electron chi connectivity index (χ2n) is 7.52. The molecule has 6 heteroatoms. The van der Waals surface area contributed by atoms with Gasteiger partial charge in [-0.25, -0.2) is 4.79 Å². The van der Waals surface area contributed by atoms with Gasteiger partial charge in [0.05, 0.1) is 11.8 Å². The second kappa shape index (κ2) is 6.26. The molecule has 1 aliphatic heterocycles. The highest BCUT2D eigenvalue weighted by atomic mass is 16.6. The summed E-state index contributed by atoms with van der Waals surface area (Å²) in [6, 6.07) is 0. The Bertz CT molecular complexity index is 460. The van der Waals surface area contributed by atoms with Crippen molar-refractivity contribution in [1.82, 2.24) is 0 Å². The van der Waals surface area contributed by atoms with Gasteiger partial charge in [0.1, 0.15) is 12.2 Å². The molecule has 1 saturated heterocycles. The van der Waals surface area contributed by atoms with Crippen molar-refractivity contribution in [3.8, 4) is 0 Å². The van der Waals surface area contributed by atoms with Crippen LogP contribution in [0.1, 0.15) is 48.5 Å². The highest BCUT2D eigenvalue weighted by Crippen LogP contribution is 2.32. The van der Waals surface area contributed by atoms with Crippen molar-refractivity contribution in [3.63, 3.8) is 0 Å². The molecule has 1 heterocycles. The first-order valence-electron chi connectivity index (χ1n) is 7.45. The van der Waals surface area contributed by atoms with Gasteiger partial charge >= 0.3 is 17.9 Å². The fraction of sp³-hybridized carbons (Fsp3) is 0.812. The van der Waals surface area contributed by atoms with Crippen LogP contribution >= 0.6 is 0 Å². The Labute approximate surface area is 131 Å². The number of carbonyl (C=O) groups excluding carboxylic acids is 3. The number of cyclic esters (lactones) is 1. The van der Waals surface area contributed by atoms with E-state index in [4.69, 9.17) is 14.2 Å². The van der Waals surface area contributed by atoms with Crippen LogP contribution in [-0.4, -0.2) is 36.2 Å². The van der Waals surface area contributed by atoms with Crippen molar-refractivity contribution < 1.29 is 28.6 Å². The van der Waals surface area contributed by atoms with Gasteiger partial charge in [-0.1, -0.05) is 27.7 Å². The Kier molecular flexibility index (Phi) is 5.25. The molecule has 0 radical (unpaired) electrons. The van der Waals surface area contributed by atoms with E-state index in [2.05, 4.69) is 0 Å². The van der Waals surface area contributed by atoms with E-state index in [0.717, 1.165) is 0 Å². The number of esters is 3. The summed E-state index contributed by atoms with van der Waals surface area (Å²) < 4.78 is 15.5. The van der Waals surface area contributed by atoms with Gasteiger partial charge in [-0.3, -0.25) is 9.59 Å². The van der Waals surface area contributed by atoms with Crippen molar-refractivity contribution in [2.24, 2.45) is 17.3 Å². The molecule has 22 heavy (non-hydrogen) atoms. The molecule has 0 saturated carbocycles. The minimum Gasteiger partial charge on any atom is -0.462 e. The van der Waals surface area contributed by atoms with Crippen LogP contribution in [0.4, 0.5) is 0 Å². The summed E-state index contributed by atoms with van der Waals surface area (Å²) in [7, 11) is 0. The molecule has 6 nitrogen and oxygen atoms in total. The van der Waals surface area contributed by atoms with E-state index < -0.39 is 46.9 Å². The molecule has 1 aliphatic rings. The lowest BCUT2D eigenvalue weighted by Crippen LogP contribution is -2.39. The average Bonchev–Trinajstić information content (AvgIpc) is 2.61. The monoisotopic (exact) mass is 314 g/mol. The molecule has 0 aromatic heterocycles. The maximum atomic E-state index is 12.2. The van der Waals surface area contributed by atoms with Gasteiger partial charge < -0.3 is 14.2 Å². The minimum absolute atomic E-state index is 0.208. The average molecular weight is 314 g/mol. The SMILES string of the molecule is CC(C(=O)OC1C(=O)OCC1(C)C)C(C)C(=O)OC(C)(C)C. The van der Waals surface area contributed by atoms with Crippen LogP contribution in [0.15, 0.2) is 0 Å². The van der Waals surface area contributed by atoms with Crippen LogP contribution in [0.25, 0.3) is 0 Å². The van der Waals surface area contributed by atoms with Crippen molar-refractivity contribution in [1.29, 1.82) is 0 Å². The third kappa shape index (κ3) is 4.45. The zero-order chi connectivity index (χ0) is 17.3. The molecule has 3 unspecified atom stereocenters. The number of ether oxygens (including phenoxy) is 3. The van der Waals surface area contributed by atoms with Gasteiger partial charge in [0.15, 0.2) is 0 Å². The molecule has 0 aliphatic carbocycles. The van der Waals surface area contributed by atoms with E-state index in [1.54, 1.807) is 48.5 Å². The van der Waals surface area contributed by atoms with Crippen LogP contribution in [0.2, 0.25) is 0 Å². The molecule has 0 aromatic carbocycles. The molecule has 0 amide bonds. The summed E-state index contributed by atoms with van der Waals surface area (Å²) in [6.45, 7) is 12.3. The molecule has 0 aromatic rings. The third-order valence-corrected chi connectivity index (χ3v) is 3.64. The first kappa shape index (κ1) is 18.5.